The lowest BCUT2D eigenvalue weighted by Crippen LogP contribution is -2.46. The fourth-order valence-electron chi connectivity index (χ4n) is 2.98. The third kappa shape index (κ3) is 3.24. The summed E-state index contributed by atoms with van der Waals surface area (Å²) < 4.78 is 5.36. The highest BCUT2D eigenvalue weighted by Gasteiger charge is 2.25. The number of aliphatic imine (C=N–C) groups is 2. The summed E-state index contributed by atoms with van der Waals surface area (Å²) in [5, 5.41) is 0. The highest BCUT2D eigenvalue weighted by molar-refractivity contribution is 5.86. The number of piperidine rings is 1. The Bertz CT molecular complexity index is 531. The van der Waals surface area contributed by atoms with E-state index in [1.165, 1.54) is 0 Å². The first-order valence-corrected chi connectivity index (χ1v) is 7.27. The van der Waals surface area contributed by atoms with Crippen LogP contribution < -0.4 is 15.4 Å². The van der Waals surface area contributed by atoms with Crippen molar-refractivity contribution < 1.29 is 4.74 Å². The zero-order valence-corrected chi connectivity index (χ0v) is 13.0. The summed E-state index contributed by atoms with van der Waals surface area (Å²) in [4.78, 5) is 10.9. The molecule has 1 heterocycles. The Balaban J connectivity index is 2.49. The molecule has 0 saturated carbocycles. The summed E-state index contributed by atoms with van der Waals surface area (Å²) in [5.41, 5.74) is 8.68. The molecule has 5 nitrogen and oxygen atoms in total. The van der Waals surface area contributed by atoms with Crippen LogP contribution in [0.2, 0.25) is 0 Å². The van der Waals surface area contributed by atoms with Gasteiger partial charge in [0.25, 0.3) is 0 Å². The van der Waals surface area contributed by atoms with Gasteiger partial charge in [-0.15, -0.1) is 0 Å². The van der Waals surface area contributed by atoms with Gasteiger partial charge in [-0.3, -0.25) is 9.98 Å². The molecule has 0 aromatic heterocycles. The first-order valence-electron chi connectivity index (χ1n) is 7.27. The van der Waals surface area contributed by atoms with Crippen molar-refractivity contribution >= 4 is 30.0 Å². The Hall–Kier alpha value is -1.88. The molecular formula is C16H24N4O. The van der Waals surface area contributed by atoms with Gasteiger partial charge in [-0.1, -0.05) is 6.92 Å². The predicted octanol–water partition coefficient (Wildman–Crippen LogP) is 2.92. The molecular weight excluding hydrogens is 264 g/mol. The van der Waals surface area contributed by atoms with E-state index in [1.54, 1.807) is 13.3 Å². The molecule has 2 N–H and O–H groups in total. The van der Waals surface area contributed by atoms with Crippen LogP contribution in [0.15, 0.2) is 22.1 Å². The monoisotopic (exact) mass is 288 g/mol. The molecule has 1 aliphatic heterocycles. The summed E-state index contributed by atoms with van der Waals surface area (Å²) in [6.45, 7) is 9.58. The first kappa shape index (κ1) is 15.5. The molecule has 0 amide bonds. The summed E-state index contributed by atoms with van der Waals surface area (Å²) in [6.07, 6.45) is 2.83. The van der Waals surface area contributed by atoms with Crippen molar-refractivity contribution in [1.82, 2.24) is 0 Å². The number of rotatable bonds is 4. The zero-order valence-electron chi connectivity index (χ0n) is 13.0. The second-order valence-corrected chi connectivity index (χ2v) is 5.54. The maximum absolute atomic E-state index is 6.16. The topological polar surface area (TPSA) is 63.2 Å². The molecule has 1 aromatic carbocycles. The quantitative estimate of drug-likeness (QED) is 0.866. The first-order chi connectivity index (χ1) is 10.1. The van der Waals surface area contributed by atoms with E-state index in [9.17, 15) is 0 Å². The van der Waals surface area contributed by atoms with Gasteiger partial charge >= 0.3 is 0 Å². The Kier molecular flexibility index (Phi) is 4.96. The molecule has 0 bridgehead atoms. The molecule has 1 aliphatic rings. The lowest BCUT2D eigenvalue weighted by atomic mass is 9.96. The van der Waals surface area contributed by atoms with E-state index in [2.05, 4.69) is 28.5 Å². The van der Waals surface area contributed by atoms with Crippen LogP contribution in [-0.4, -0.2) is 39.2 Å². The van der Waals surface area contributed by atoms with Gasteiger partial charge in [0, 0.05) is 25.3 Å². The maximum Gasteiger partial charge on any atom is 0.146 e. The average molecular weight is 288 g/mol. The summed E-state index contributed by atoms with van der Waals surface area (Å²) in [7, 11) is 1.63. The number of benzene rings is 1. The van der Waals surface area contributed by atoms with Gasteiger partial charge in [-0.2, -0.15) is 0 Å². The number of anilines is 1. The van der Waals surface area contributed by atoms with Gasteiger partial charge in [0.1, 0.15) is 17.1 Å². The Morgan fingerprint density at radius 2 is 2.14 bits per heavy atom. The molecule has 2 rings (SSSR count). The molecule has 1 saturated heterocycles. The van der Waals surface area contributed by atoms with E-state index in [1.807, 2.05) is 19.1 Å². The van der Waals surface area contributed by atoms with Gasteiger partial charge in [0.2, 0.25) is 0 Å². The third-order valence-corrected chi connectivity index (χ3v) is 3.76. The van der Waals surface area contributed by atoms with Gasteiger partial charge in [0.05, 0.1) is 12.8 Å². The van der Waals surface area contributed by atoms with Crippen molar-refractivity contribution in [3.63, 3.8) is 0 Å². The molecule has 1 fully saturated rings. The molecule has 0 unspecified atom stereocenters. The van der Waals surface area contributed by atoms with E-state index in [-0.39, 0.29) is 6.04 Å². The minimum atomic E-state index is 0.189. The Morgan fingerprint density at radius 1 is 1.38 bits per heavy atom. The van der Waals surface area contributed by atoms with Crippen LogP contribution >= 0.6 is 0 Å². The summed E-state index contributed by atoms with van der Waals surface area (Å²) >= 11 is 0. The molecule has 114 valence electrons. The van der Waals surface area contributed by atoms with Crippen molar-refractivity contribution in [1.29, 1.82) is 0 Å². The smallest absolute Gasteiger partial charge is 0.146 e. The molecule has 2 atom stereocenters. The standard InChI is InChI=1S/C16H24N4O/c1-5-19-15-13(6-7-14(21-4)16(15)18-3)20-9-11(2)8-12(17)10-20/h5-7,11-12H,3,8-10,17H2,1-2,4H3/t11-,12+/m0/s1. The molecule has 0 radical (unpaired) electrons. The van der Waals surface area contributed by atoms with E-state index >= 15 is 0 Å². The highest BCUT2D eigenvalue weighted by atomic mass is 16.5. The summed E-state index contributed by atoms with van der Waals surface area (Å²) in [5.74, 6) is 1.25. The zero-order chi connectivity index (χ0) is 15.4. The fraction of sp³-hybridized carbons (Fsp3) is 0.500. The fourth-order valence-corrected chi connectivity index (χ4v) is 2.98. The van der Waals surface area contributed by atoms with Crippen molar-refractivity contribution in [2.45, 2.75) is 26.3 Å². The maximum atomic E-state index is 6.16. The predicted molar refractivity (Wildman–Crippen MR) is 90.0 cm³/mol. The van der Waals surface area contributed by atoms with E-state index < -0.39 is 0 Å². The molecule has 0 aliphatic carbocycles. The number of hydrogen-bond acceptors (Lipinski definition) is 5. The van der Waals surface area contributed by atoms with E-state index in [0.717, 1.165) is 30.9 Å². The van der Waals surface area contributed by atoms with Gasteiger partial charge in [-0.25, -0.2) is 0 Å². The number of hydrogen-bond donors (Lipinski definition) is 1. The second-order valence-electron chi connectivity index (χ2n) is 5.54. The molecule has 1 aromatic rings. The van der Waals surface area contributed by atoms with E-state index in [4.69, 9.17) is 10.5 Å². The van der Waals surface area contributed by atoms with E-state index in [0.29, 0.717) is 17.4 Å². The molecule has 5 heteroatoms. The average Bonchev–Trinajstić information content (AvgIpc) is 2.45. The third-order valence-electron chi connectivity index (χ3n) is 3.76. The molecule has 21 heavy (non-hydrogen) atoms. The normalized spacial score (nSPS) is 22.6. The largest absolute Gasteiger partial charge is 0.494 e. The Morgan fingerprint density at radius 3 is 2.71 bits per heavy atom. The summed E-state index contributed by atoms with van der Waals surface area (Å²) in [6, 6.07) is 4.13. The second kappa shape index (κ2) is 6.72. The lowest BCUT2D eigenvalue weighted by molar-refractivity contribution is 0.401. The van der Waals surface area contributed by atoms with Crippen molar-refractivity contribution in [2.75, 3.05) is 25.1 Å². The Labute approximate surface area is 126 Å². The van der Waals surface area contributed by atoms with Gasteiger partial charge in [-0.05, 0) is 38.1 Å². The van der Waals surface area contributed by atoms with Crippen molar-refractivity contribution in [3.05, 3.63) is 12.1 Å². The number of ether oxygens (including phenoxy) is 1. The van der Waals surface area contributed by atoms with Crippen LogP contribution in [0, 0.1) is 5.92 Å². The van der Waals surface area contributed by atoms with Crippen LogP contribution in [0.25, 0.3) is 0 Å². The lowest BCUT2D eigenvalue weighted by Gasteiger charge is -2.37. The number of methoxy groups -OCH3 is 1. The van der Waals surface area contributed by atoms with Crippen LogP contribution in [0.1, 0.15) is 20.3 Å². The van der Waals surface area contributed by atoms with Crippen LogP contribution in [0.4, 0.5) is 17.1 Å². The minimum Gasteiger partial charge on any atom is -0.494 e. The number of nitrogens with zero attached hydrogens (tertiary/aromatic N) is 3. The van der Waals surface area contributed by atoms with Gasteiger partial charge in [0.15, 0.2) is 0 Å². The van der Waals surface area contributed by atoms with Crippen molar-refractivity contribution in [2.24, 2.45) is 21.6 Å². The SMILES string of the molecule is C=Nc1c(OC)ccc(N2C[C@@H](C)C[C@@H](N)C2)c1N=CC. The minimum absolute atomic E-state index is 0.189. The highest BCUT2D eigenvalue weighted by Crippen LogP contribution is 2.45. The molecule has 0 spiro atoms. The van der Waals surface area contributed by atoms with Crippen LogP contribution in [-0.2, 0) is 0 Å². The van der Waals surface area contributed by atoms with Crippen LogP contribution in [0.5, 0.6) is 5.75 Å². The van der Waals surface area contributed by atoms with Gasteiger partial charge < -0.3 is 15.4 Å². The van der Waals surface area contributed by atoms with Crippen molar-refractivity contribution in [3.8, 4) is 5.75 Å². The van der Waals surface area contributed by atoms with Crippen LogP contribution in [0.3, 0.4) is 0 Å². The number of nitrogens with two attached hydrogens (primary N) is 1.